The van der Waals surface area contributed by atoms with E-state index in [1.807, 2.05) is 0 Å². The SMILES string of the molecule is CC[N+](CC)=C(N)[N]C1CC1. The lowest BCUT2D eigenvalue weighted by molar-refractivity contribution is -0.523. The van der Waals surface area contributed by atoms with E-state index < -0.39 is 0 Å². The largest absolute Gasteiger partial charge is 0.379 e. The molecule has 1 aliphatic rings. The third-order valence-corrected chi connectivity index (χ3v) is 1.95. The number of guanidine groups is 1. The molecule has 1 rings (SSSR count). The molecule has 0 unspecified atom stereocenters. The minimum absolute atomic E-state index is 0.538. The van der Waals surface area contributed by atoms with Crippen molar-refractivity contribution in [2.75, 3.05) is 13.1 Å². The molecule has 0 spiro atoms. The van der Waals surface area contributed by atoms with Crippen LogP contribution in [0.4, 0.5) is 0 Å². The quantitative estimate of drug-likeness (QED) is 0.351. The highest BCUT2D eigenvalue weighted by atomic mass is 15.2. The molecule has 63 valence electrons. The van der Waals surface area contributed by atoms with Gasteiger partial charge in [-0.05, 0) is 26.7 Å². The van der Waals surface area contributed by atoms with Crippen LogP contribution in [0, 0.1) is 0 Å². The van der Waals surface area contributed by atoms with Crippen LogP contribution >= 0.6 is 0 Å². The van der Waals surface area contributed by atoms with Crippen molar-refractivity contribution < 1.29 is 4.58 Å². The first-order valence-electron chi connectivity index (χ1n) is 4.36. The van der Waals surface area contributed by atoms with E-state index in [9.17, 15) is 0 Å². The summed E-state index contributed by atoms with van der Waals surface area (Å²) in [6, 6.07) is 0.538. The molecule has 0 aromatic heterocycles. The predicted molar refractivity (Wildman–Crippen MR) is 45.7 cm³/mol. The molecule has 0 aromatic rings. The van der Waals surface area contributed by atoms with Crippen molar-refractivity contribution in [1.29, 1.82) is 0 Å². The molecule has 0 aromatic carbocycles. The van der Waals surface area contributed by atoms with Crippen LogP contribution in [0.2, 0.25) is 0 Å². The van der Waals surface area contributed by atoms with Gasteiger partial charge in [-0.1, -0.05) is 0 Å². The lowest BCUT2D eigenvalue weighted by atomic mass is 10.6. The van der Waals surface area contributed by atoms with E-state index in [4.69, 9.17) is 5.73 Å². The summed E-state index contributed by atoms with van der Waals surface area (Å²) < 4.78 is 2.08. The van der Waals surface area contributed by atoms with E-state index in [0.29, 0.717) is 6.04 Å². The maximum atomic E-state index is 5.76. The molecule has 1 aliphatic carbocycles. The Kier molecular flexibility index (Phi) is 2.74. The van der Waals surface area contributed by atoms with Crippen LogP contribution in [-0.4, -0.2) is 29.7 Å². The Labute approximate surface area is 68.3 Å². The minimum atomic E-state index is 0.538. The normalized spacial score (nSPS) is 16.2. The summed E-state index contributed by atoms with van der Waals surface area (Å²) in [6.45, 7) is 6.11. The fourth-order valence-corrected chi connectivity index (χ4v) is 1.02. The van der Waals surface area contributed by atoms with Gasteiger partial charge in [-0.2, -0.15) is 0 Å². The van der Waals surface area contributed by atoms with Gasteiger partial charge in [0, 0.05) is 0 Å². The number of hydrogen-bond acceptors (Lipinski definition) is 0. The van der Waals surface area contributed by atoms with E-state index in [0.717, 1.165) is 19.0 Å². The molecule has 0 aliphatic heterocycles. The molecule has 3 heteroatoms. The van der Waals surface area contributed by atoms with Crippen molar-refractivity contribution in [3.63, 3.8) is 0 Å². The Morgan fingerprint density at radius 2 is 2.00 bits per heavy atom. The Morgan fingerprint density at radius 1 is 1.45 bits per heavy atom. The van der Waals surface area contributed by atoms with E-state index in [1.54, 1.807) is 0 Å². The molecule has 0 bridgehead atoms. The van der Waals surface area contributed by atoms with Gasteiger partial charge in [0.1, 0.15) is 6.04 Å². The molecule has 0 saturated heterocycles. The average molecular weight is 155 g/mol. The second kappa shape index (κ2) is 3.60. The lowest BCUT2D eigenvalue weighted by Crippen LogP contribution is -2.37. The van der Waals surface area contributed by atoms with Crippen LogP contribution in [0.5, 0.6) is 0 Å². The van der Waals surface area contributed by atoms with E-state index in [2.05, 4.69) is 23.7 Å². The Balaban J connectivity index is 2.43. The highest BCUT2D eigenvalue weighted by Crippen LogP contribution is 2.19. The van der Waals surface area contributed by atoms with Crippen LogP contribution in [-0.2, 0) is 0 Å². The van der Waals surface area contributed by atoms with Crippen molar-refractivity contribution in [2.45, 2.75) is 32.7 Å². The number of nitrogens with zero attached hydrogens (tertiary/aromatic N) is 2. The molecule has 1 fully saturated rings. The van der Waals surface area contributed by atoms with E-state index in [1.165, 1.54) is 12.8 Å². The molecular weight excluding hydrogens is 138 g/mol. The van der Waals surface area contributed by atoms with Gasteiger partial charge in [-0.15, -0.1) is 5.32 Å². The zero-order valence-electron chi connectivity index (χ0n) is 7.38. The van der Waals surface area contributed by atoms with Crippen molar-refractivity contribution in [1.82, 2.24) is 5.32 Å². The lowest BCUT2D eigenvalue weighted by Gasteiger charge is -2.02. The van der Waals surface area contributed by atoms with E-state index in [-0.39, 0.29) is 0 Å². The second-order valence-electron chi connectivity index (χ2n) is 2.89. The van der Waals surface area contributed by atoms with Gasteiger partial charge in [-0.25, -0.2) is 0 Å². The summed E-state index contributed by atoms with van der Waals surface area (Å²) >= 11 is 0. The molecule has 3 nitrogen and oxygen atoms in total. The third kappa shape index (κ3) is 2.41. The number of nitrogens with two attached hydrogens (primary N) is 1. The van der Waals surface area contributed by atoms with Gasteiger partial charge in [0.25, 0.3) is 0 Å². The molecule has 0 heterocycles. The van der Waals surface area contributed by atoms with Crippen molar-refractivity contribution >= 4 is 5.96 Å². The van der Waals surface area contributed by atoms with Gasteiger partial charge in [-0.3, -0.25) is 10.3 Å². The summed E-state index contributed by atoms with van der Waals surface area (Å²) in [5, 5.41) is 4.35. The second-order valence-corrected chi connectivity index (χ2v) is 2.89. The summed E-state index contributed by atoms with van der Waals surface area (Å²) in [5.74, 6) is 0.720. The predicted octanol–water partition coefficient (Wildman–Crippen LogP) is 0.120. The van der Waals surface area contributed by atoms with Crippen molar-refractivity contribution in [2.24, 2.45) is 5.73 Å². The number of hydrogen-bond donors (Lipinski definition) is 1. The summed E-state index contributed by atoms with van der Waals surface area (Å²) in [4.78, 5) is 0. The molecule has 2 N–H and O–H groups in total. The highest BCUT2D eigenvalue weighted by molar-refractivity contribution is 5.72. The Bertz CT molecular complexity index is 153. The Hall–Kier alpha value is -0.730. The van der Waals surface area contributed by atoms with Crippen molar-refractivity contribution in [3.05, 3.63) is 0 Å². The average Bonchev–Trinajstić information content (AvgIpc) is 2.74. The fourth-order valence-electron chi connectivity index (χ4n) is 1.02. The first-order chi connectivity index (χ1) is 5.27. The minimum Gasteiger partial charge on any atom is -0.288 e. The van der Waals surface area contributed by atoms with Crippen LogP contribution in [0.25, 0.3) is 0 Å². The maximum Gasteiger partial charge on any atom is 0.379 e. The molecule has 11 heavy (non-hydrogen) atoms. The fraction of sp³-hybridized carbons (Fsp3) is 0.875. The topological polar surface area (TPSA) is 43.1 Å². The Morgan fingerprint density at radius 3 is 2.36 bits per heavy atom. The number of rotatable bonds is 3. The summed E-state index contributed by atoms with van der Waals surface area (Å²) in [6.07, 6.45) is 2.45. The van der Waals surface area contributed by atoms with Crippen LogP contribution in [0.1, 0.15) is 26.7 Å². The molecular formula is C8H17N3+. The monoisotopic (exact) mass is 155 g/mol. The zero-order chi connectivity index (χ0) is 8.27. The highest BCUT2D eigenvalue weighted by Gasteiger charge is 2.30. The van der Waals surface area contributed by atoms with Gasteiger partial charge >= 0.3 is 5.96 Å². The molecule has 0 amide bonds. The molecule has 1 radical (unpaired) electrons. The third-order valence-electron chi connectivity index (χ3n) is 1.95. The van der Waals surface area contributed by atoms with Crippen LogP contribution < -0.4 is 11.1 Å². The van der Waals surface area contributed by atoms with Crippen molar-refractivity contribution in [3.8, 4) is 0 Å². The standard InChI is InChI=1S/C8H16N3/c1-3-11(4-2)8(9)10-7-5-6-7/h7,9H,3-6H2,1-2H3/p+1. The van der Waals surface area contributed by atoms with Crippen LogP contribution in [0.15, 0.2) is 0 Å². The van der Waals surface area contributed by atoms with E-state index >= 15 is 0 Å². The zero-order valence-corrected chi connectivity index (χ0v) is 7.38. The summed E-state index contributed by atoms with van der Waals surface area (Å²) in [5.41, 5.74) is 5.76. The molecule has 1 saturated carbocycles. The maximum absolute atomic E-state index is 5.76. The first kappa shape index (κ1) is 8.37. The van der Waals surface area contributed by atoms with Crippen LogP contribution in [0.3, 0.4) is 0 Å². The van der Waals surface area contributed by atoms with Gasteiger partial charge in [0.05, 0.1) is 13.1 Å². The van der Waals surface area contributed by atoms with Gasteiger partial charge in [0.15, 0.2) is 0 Å². The summed E-state index contributed by atoms with van der Waals surface area (Å²) in [7, 11) is 0. The molecule has 0 atom stereocenters. The van der Waals surface area contributed by atoms with Gasteiger partial charge < -0.3 is 0 Å². The smallest absolute Gasteiger partial charge is 0.288 e. The van der Waals surface area contributed by atoms with Gasteiger partial charge in [0.2, 0.25) is 0 Å². The first-order valence-corrected chi connectivity index (χ1v) is 4.36.